The molecular weight excluding hydrogens is 472 g/mol. The molecule has 1 aliphatic carbocycles. The minimum Gasteiger partial charge on any atom is -0.390 e. The van der Waals surface area contributed by atoms with Crippen molar-refractivity contribution in [2.75, 3.05) is 24.7 Å². The SMILES string of the molecule is CC.CC.CC1(O)CCCC1.CSN1CCC(Nc2ncc3cc(CC(F)F)c(=O)[nH]c3n2)CC1. The Hall–Kier alpha value is -1.78. The molecule has 0 aromatic carbocycles. The van der Waals surface area contributed by atoms with Crippen LogP contribution in [0.4, 0.5) is 14.7 Å². The van der Waals surface area contributed by atoms with Crippen LogP contribution >= 0.6 is 11.9 Å². The van der Waals surface area contributed by atoms with E-state index in [4.69, 9.17) is 0 Å². The first-order chi connectivity index (χ1) is 16.8. The molecule has 3 N–H and O–H groups in total. The van der Waals surface area contributed by atoms with Crippen molar-refractivity contribution in [3.05, 3.63) is 28.2 Å². The summed E-state index contributed by atoms with van der Waals surface area (Å²) in [5.41, 5.74) is -0.427. The molecule has 35 heavy (non-hydrogen) atoms. The maximum atomic E-state index is 12.5. The Morgan fingerprint density at radius 3 is 2.31 bits per heavy atom. The van der Waals surface area contributed by atoms with Gasteiger partial charge in [-0.1, -0.05) is 52.5 Å². The molecule has 0 unspecified atom stereocenters. The molecule has 7 nitrogen and oxygen atoms in total. The van der Waals surface area contributed by atoms with Crippen LogP contribution in [0.15, 0.2) is 17.1 Å². The third-order valence-corrected chi connectivity index (χ3v) is 6.65. The lowest BCUT2D eigenvalue weighted by Crippen LogP contribution is -2.35. The molecule has 1 aliphatic heterocycles. The number of alkyl halides is 2. The Morgan fingerprint density at radius 1 is 1.23 bits per heavy atom. The van der Waals surface area contributed by atoms with Crippen molar-refractivity contribution in [1.82, 2.24) is 19.3 Å². The van der Waals surface area contributed by atoms with Crippen LogP contribution in [-0.4, -0.2) is 61.8 Å². The van der Waals surface area contributed by atoms with Gasteiger partial charge in [-0.15, -0.1) is 0 Å². The van der Waals surface area contributed by atoms with Crippen LogP contribution in [-0.2, 0) is 6.42 Å². The number of hydrogen-bond acceptors (Lipinski definition) is 7. The van der Waals surface area contributed by atoms with Gasteiger partial charge >= 0.3 is 0 Å². The first kappa shape index (κ1) is 31.3. The fourth-order valence-electron chi connectivity index (χ4n) is 3.93. The van der Waals surface area contributed by atoms with Crippen molar-refractivity contribution in [2.24, 2.45) is 0 Å². The fourth-order valence-corrected chi connectivity index (χ4v) is 4.50. The first-order valence-corrected chi connectivity index (χ1v) is 13.9. The van der Waals surface area contributed by atoms with E-state index in [0.717, 1.165) is 38.8 Å². The van der Waals surface area contributed by atoms with Gasteiger partial charge in [0.15, 0.2) is 0 Å². The van der Waals surface area contributed by atoms with Gasteiger partial charge < -0.3 is 15.4 Å². The van der Waals surface area contributed by atoms with Gasteiger partial charge in [-0.3, -0.25) is 9.10 Å². The average molecular weight is 516 g/mol. The van der Waals surface area contributed by atoms with Gasteiger partial charge in [0.2, 0.25) is 12.4 Å². The summed E-state index contributed by atoms with van der Waals surface area (Å²) in [6, 6.07) is 1.72. The highest BCUT2D eigenvalue weighted by molar-refractivity contribution is 7.96. The highest BCUT2D eigenvalue weighted by Gasteiger charge is 2.24. The van der Waals surface area contributed by atoms with Crippen molar-refractivity contribution in [3.8, 4) is 0 Å². The van der Waals surface area contributed by atoms with Gasteiger partial charge in [0.25, 0.3) is 5.56 Å². The Morgan fingerprint density at radius 2 is 1.83 bits per heavy atom. The number of piperidine rings is 1. The molecular formula is C25H43F2N5O2S. The molecule has 4 rings (SSSR count). The van der Waals surface area contributed by atoms with E-state index in [1.54, 1.807) is 18.1 Å². The minimum atomic E-state index is -2.56. The summed E-state index contributed by atoms with van der Waals surface area (Å²) in [5.74, 6) is 0.447. The summed E-state index contributed by atoms with van der Waals surface area (Å²) < 4.78 is 27.3. The normalized spacial score (nSPS) is 17.5. The number of nitrogens with zero attached hydrogens (tertiary/aromatic N) is 3. The van der Waals surface area contributed by atoms with Crippen molar-refractivity contribution in [3.63, 3.8) is 0 Å². The minimum absolute atomic E-state index is 0.0475. The summed E-state index contributed by atoms with van der Waals surface area (Å²) in [4.78, 5) is 23.0. The zero-order valence-electron chi connectivity index (χ0n) is 22.0. The number of rotatable bonds is 5. The second kappa shape index (κ2) is 16.1. The van der Waals surface area contributed by atoms with E-state index in [1.807, 2.05) is 34.6 Å². The van der Waals surface area contributed by atoms with Gasteiger partial charge in [0, 0.05) is 42.7 Å². The summed E-state index contributed by atoms with van der Waals surface area (Å²) in [6.07, 6.45) is 6.92. The smallest absolute Gasteiger partial charge is 0.252 e. The molecule has 3 heterocycles. The molecule has 2 aromatic rings. The van der Waals surface area contributed by atoms with Crippen LogP contribution in [0.3, 0.4) is 0 Å². The molecule has 0 bridgehead atoms. The van der Waals surface area contributed by atoms with Crippen molar-refractivity contribution >= 4 is 28.9 Å². The number of fused-ring (bicyclic) bond motifs is 1. The number of aromatic nitrogens is 3. The Kier molecular flexibility index (Phi) is 14.3. The highest BCUT2D eigenvalue weighted by Crippen LogP contribution is 2.28. The zero-order chi connectivity index (χ0) is 26.4. The third kappa shape index (κ3) is 10.8. The predicted octanol–water partition coefficient (Wildman–Crippen LogP) is 5.64. The van der Waals surface area contributed by atoms with Gasteiger partial charge in [0.1, 0.15) is 5.65 Å². The number of aromatic amines is 1. The molecule has 0 amide bonds. The lowest BCUT2D eigenvalue weighted by Gasteiger charge is -2.30. The van der Waals surface area contributed by atoms with E-state index in [2.05, 4.69) is 30.8 Å². The Labute approximate surface area is 212 Å². The first-order valence-electron chi connectivity index (χ1n) is 12.7. The van der Waals surface area contributed by atoms with Gasteiger partial charge in [-0.25, -0.2) is 13.8 Å². The van der Waals surface area contributed by atoms with Crippen molar-refractivity contribution in [2.45, 2.75) is 97.6 Å². The van der Waals surface area contributed by atoms with E-state index in [-0.39, 0.29) is 17.2 Å². The number of anilines is 1. The molecule has 1 saturated carbocycles. The summed E-state index contributed by atoms with van der Waals surface area (Å²) in [6.45, 7) is 11.9. The number of H-pyrrole nitrogens is 1. The lowest BCUT2D eigenvalue weighted by atomic mass is 10.1. The van der Waals surface area contributed by atoms with Crippen LogP contribution in [0.5, 0.6) is 0 Å². The highest BCUT2D eigenvalue weighted by atomic mass is 32.2. The van der Waals surface area contributed by atoms with Crippen LogP contribution in [0, 0.1) is 0 Å². The second-order valence-electron chi connectivity index (χ2n) is 8.45. The molecule has 200 valence electrons. The fraction of sp³-hybridized carbons (Fsp3) is 0.720. The molecule has 0 radical (unpaired) electrons. The predicted molar refractivity (Wildman–Crippen MR) is 143 cm³/mol. The Bertz CT molecular complexity index is 910. The average Bonchev–Trinajstić information content (AvgIpc) is 3.27. The van der Waals surface area contributed by atoms with E-state index in [1.165, 1.54) is 18.9 Å². The van der Waals surface area contributed by atoms with Gasteiger partial charge in [-0.2, -0.15) is 4.98 Å². The standard InChI is InChI=1S/C15H19F2N5OS.C6H12O.2C2H6/c1-24-22-4-2-11(3-5-22)19-15-18-8-10-6-9(7-12(16)17)14(23)20-13(10)21-15;1-6(7)4-2-3-5-6;2*1-2/h6,8,11-12H,2-5,7H2,1H3,(H2,18,19,20,21,23);7H,2-5H2,1H3;2*1-2H3. The Balaban J connectivity index is 0.000000468. The number of nitrogens with one attached hydrogen (secondary N) is 2. The molecule has 1 saturated heterocycles. The van der Waals surface area contributed by atoms with Crippen LogP contribution < -0.4 is 10.9 Å². The van der Waals surface area contributed by atoms with E-state index in [9.17, 15) is 18.7 Å². The lowest BCUT2D eigenvalue weighted by molar-refractivity contribution is 0.0681. The molecule has 0 atom stereocenters. The van der Waals surface area contributed by atoms with Crippen LogP contribution in [0.25, 0.3) is 11.0 Å². The maximum Gasteiger partial charge on any atom is 0.252 e. The third-order valence-electron chi connectivity index (χ3n) is 5.77. The maximum absolute atomic E-state index is 12.5. The summed E-state index contributed by atoms with van der Waals surface area (Å²) in [7, 11) is 0. The summed E-state index contributed by atoms with van der Waals surface area (Å²) in [5, 5.41) is 13.0. The molecule has 0 spiro atoms. The zero-order valence-corrected chi connectivity index (χ0v) is 22.9. The molecule has 2 fully saturated rings. The van der Waals surface area contributed by atoms with Crippen LogP contribution in [0.2, 0.25) is 0 Å². The van der Waals surface area contributed by atoms with Gasteiger partial charge in [-0.05, 0) is 44.9 Å². The van der Waals surface area contributed by atoms with E-state index >= 15 is 0 Å². The number of hydrogen-bond donors (Lipinski definition) is 3. The second-order valence-corrected chi connectivity index (χ2v) is 9.33. The number of aliphatic hydroxyl groups is 1. The largest absolute Gasteiger partial charge is 0.390 e. The quantitative estimate of drug-likeness (QED) is 0.443. The van der Waals surface area contributed by atoms with Crippen molar-refractivity contribution < 1.29 is 13.9 Å². The summed E-state index contributed by atoms with van der Waals surface area (Å²) >= 11 is 1.74. The van der Waals surface area contributed by atoms with E-state index in [0.29, 0.717) is 17.0 Å². The molecule has 10 heteroatoms. The van der Waals surface area contributed by atoms with Gasteiger partial charge in [0.05, 0.1) is 5.60 Å². The van der Waals surface area contributed by atoms with E-state index < -0.39 is 18.4 Å². The molecule has 2 aromatic heterocycles. The molecule has 2 aliphatic rings. The monoisotopic (exact) mass is 515 g/mol. The van der Waals surface area contributed by atoms with Crippen molar-refractivity contribution in [1.29, 1.82) is 0 Å². The number of halogens is 2. The van der Waals surface area contributed by atoms with Crippen LogP contribution in [0.1, 0.15) is 78.7 Å². The topological polar surface area (TPSA) is 94.1 Å². The number of pyridine rings is 1.